The van der Waals surface area contributed by atoms with Gasteiger partial charge in [-0.25, -0.2) is 4.98 Å². The van der Waals surface area contributed by atoms with Crippen LogP contribution >= 0.6 is 0 Å². The van der Waals surface area contributed by atoms with Crippen molar-refractivity contribution < 1.29 is 9.90 Å². The summed E-state index contributed by atoms with van der Waals surface area (Å²) in [6.07, 6.45) is 2.01. The molecule has 0 unspecified atom stereocenters. The standard InChI is InChI=1S/C19H19N3O2/c1-13-18(23)10-11-21(13)19(24)14-6-8-15(9-7-14)22-12-20-16-4-2-3-5-17(16)22/h2-9,12-13,18,23H,10-11H2,1H3/t13-,18-/m1/s1. The molecule has 0 spiro atoms. The second kappa shape index (κ2) is 5.76. The molecular formula is C19H19N3O2. The van der Waals surface area contributed by atoms with E-state index in [1.54, 1.807) is 11.2 Å². The van der Waals surface area contributed by atoms with Crippen LogP contribution in [0.4, 0.5) is 0 Å². The summed E-state index contributed by atoms with van der Waals surface area (Å²) < 4.78 is 2.01. The van der Waals surface area contributed by atoms with E-state index >= 15 is 0 Å². The molecule has 3 aromatic rings. The van der Waals surface area contributed by atoms with Crippen LogP contribution in [0, 0.1) is 0 Å². The maximum Gasteiger partial charge on any atom is 0.254 e. The van der Waals surface area contributed by atoms with Crippen molar-refractivity contribution in [3.8, 4) is 5.69 Å². The molecule has 1 aromatic heterocycles. The van der Waals surface area contributed by atoms with Gasteiger partial charge < -0.3 is 10.0 Å². The number of benzene rings is 2. The number of carbonyl (C=O) groups is 1. The van der Waals surface area contributed by atoms with Crippen LogP contribution < -0.4 is 0 Å². The van der Waals surface area contributed by atoms with Crippen LogP contribution in [0.25, 0.3) is 16.7 Å². The number of para-hydroxylation sites is 2. The van der Waals surface area contributed by atoms with Gasteiger partial charge in [0.05, 0.1) is 23.2 Å². The zero-order valence-electron chi connectivity index (χ0n) is 13.5. The number of carbonyl (C=O) groups excluding carboxylic acids is 1. The van der Waals surface area contributed by atoms with Gasteiger partial charge in [0.25, 0.3) is 5.91 Å². The van der Waals surface area contributed by atoms with E-state index in [4.69, 9.17) is 0 Å². The number of nitrogens with zero attached hydrogens (tertiary/aromatic N) is 3. The second-order valence-electron chi connectivity index (χ2n) is 6.25. The summed E-state index contributed by atoms with van der Waals surface area (Å²) in [7, 11) is 0. The van der Waals surface area contributed by atoms with E-state index in [1.807, 2.05) is 60.0 Å². The first-order valence-corrected chi connectivity index (χ1v) is 8.17. The number of rotatable bonds is 2. The number of aromatic nitrogens is 2. The van der Waals surface area contributed by atoms with Crippen molar-refractivity contribution in [1.82, 2.24) is 14.5 Å². The lowest BCUT2D eigenvalue weighted by atomic mass is 10.1. The van der Waals surface area contributed by atoms with Crippen molar-refractivity contribution >= 4 is 16.9 Å². The van der Waals surface area contributed by atoms with Gasteiger partial charge in [0.2, 0.25) is 0 Å². The van der Waals surface area contributed by atoms with Crippen LogP contribution in [0.5, 0.6) is 0 Å². The third kappa shape index (κ3) is 2.37. The predicted molar refractivity (Wildman–Crippen MR) is 92.2 cm³/mol. The lowest BCUT2D eigenvalue weighted by Crippen LogP contribution is -2.37. The average Bonchev–Trinajstić information content (AvgIpc) is 3.19. The summed E-state index contributed by atoms with van der Waals surface area (Å²) in [5.41, 5.74) is 3.59. The fourth-order valence-electron chi connectivity index (χ4n) is 3.31. The Kier molecular flexibility index (Phi) is 3.58. The Morgan fingerprint density at radius 1 is 1.17 bits per heavy atom. The highest BCUT2D eigenvalue weighted by atomic mass is 16.3. The molecule has 1 saturated heterocycles. The summed E-state index contributed by atoms with van der Waals surface area (Å²) in [5.74, 6) is -0.0268. The van der Waals surface area contributed by atoms with E-state index in [0.29, 0.717) is 18.5 Å². The summed E-state index contributed by atoms with van der Waals surface area (Å²) in [6, 6.07) is 15.4. The lowest BCUT2D eigenvalue weighted by molar-refractivity contribution is 0.0667. The molecule has 122 valence electrons. The fourth-order valence-corrected chi connectivity index (χ4v) is 3.31. The van der Waals surface area contributed by atoms with E-state index in [9.17, 15) is 9.90 Å². The van der Waals surface area contributed by atoms with Crippen LogP contribution in [-0.2, 0) is 0 Å². The normalized spacial score (nSPS) is 20.7. The minimum absolute atomic E-state index is 0.0268. The Bertz CT molecular complexity index is 885. The Morgan fingerprint density at radius 3 is 2.62 bits per heavy atom. The highest BCUT2D eigenvalue weighted by Crippen LogP contribution is 2.22. The molecule has 0 radical (unpaired) electrons. The van der Waals surface area contributed by atoms with E-state index in [2.05, 4.69) is 4.98 Å². The molecule has 4 rings (SSSR count). The van der Waals surface area contributed by atoms with Crippen LogP contribution in [0.2, 0.25) is 0 Å². The molecule has 1 N–H and O–H groups in total. The van der Waals surface area contributed by atoms with Crippen molar-refractivity contribution in [2.75, 3.05) is 6.54 Å². The number of hydrogen-bond acceptors (Lipinski definition) is 3. The number of amides is 1. The van der Waals surface area contributed by atoms with E-state index in [0.717, 1.165) is 16.7 Å². The number of aliphatic hydroxyl groups is 1. The third-order valence-electron chi connectivity index (χ3n) is 4.82. The monoisotopic (exact) mass is 321 g/mol. The third-order valence-corrected chi connectivity index (χ3v) is 4.82. The van der Waals surface area contributed by atoms with E-state index in [-0.39, 0.29) is 11.9 Å². The number of fused-ring (bicyclic) bond motifs is 1. The van der Waals surface area contributed by atoms with Gasteiger partial charge in [-0.15, -0.1) is 0 Å². The summed E-state index contributed by atoms with van der Waals surface area (Å²) >= 11 is 0. The van der Waals surface area contributed by atoms with Crippen molar-refractivity contribution in [2.24, 2.45) is 0 Å². The summed E-state index contributed by atoms with van der Waals surface area (Å²) in [5, 5.41) is 9.83. The minimum Gasteiger partial charge on any atom is -0.391 e. The number of aliphatic hydroxyl groups excluding tert-OH is 1. The van der Waals surface area contributed by atoms with Crippen LogP contribution in [-0.4, -0.2) is 44.2 Å². The Labute approximate surface area is 140 Å². The molecule has 1 aliphatic rings. The Balaban J connectivity index is 1.62. The van der Waals surface area contributed by atoms with Gasteiger partial charge in [0.1, 0.15) is 6.33 Å². The van der Waals surface area contributed by atoms with Gasteiger partial charge in [0, 0.05) is 17.8 Å². The fraction of sp³-hybridized carbons (Fsp3) is 0.263. The van der Waals surface area contributed by atoms with E-state index < -0.39 is 6.10 Å². The maximum atomic E-state index is 12.6. The van der Waals surface area contributed by atoms with Crippen LogP contribution in [0.3, 0.4) is 0 Å². The number of likely N-dealkylation sites (tertiary alicyclic amines) is 1. The largest absolute Gasteiger partial charge is 0.391 e. The van der Waals surface area contributed by atoms with Gasteiger partial charge >= 0.3 is 0 Å². The molecule has 0 bridgehead atoms. The van der Waals surface area contributed by atoms with E-state index in [1.165, 1.54) is 0 Å². The molecule has 2 aromatic carbocycles. The molecule has 1 aliphatic heterocycles. The second-order valence-corrected chi connectivity index (χ2v) is 6.25. The first-order chi connectivity index (χ1) is 11.6. The summed E-state index contributed by atoms with van der Waals surface area (Å²) in [4.78, 5) is 18.7. The highest BCUT2D eigenvalue weighted by Gasteiger charge is 2.32. The number of hydrogen-bond donors (Lipinski definition) is 1. The molecule has 5 heteroatoms. The van der Waals surface area contributed by atoms with Crippen LogP contribution in [0.15, 0.2) is 54.9 Å². The summed E-state index contributed by atoms with van der Waals surface area (Å²) in [6.45, 7) is 2.50. The first-order valence-electron chi connectivity index (χ1n) is 8.17. The number of imidazole rings is 1. The van der Waals surface area contributed by atoms with Crippen molar-refractivity contribution in [3.05, 3.63) is 60.4 Å². The van der Waals surface area contributed by atoms with Crippen molar-refractivity contribution in [2.45, 2.75) is 25.5 Å². The van der Waals surface area contributed by atoms with Gasteiger partial charge in [-0.05, 0) is 49.7 Å². The Hall–Kier alpha value is -2.66. The smallest absolute Gasteiger partial charge is 0.254 e. The molecular weight excluding hydrogens is 302 g/mol. The minimum atomic E-state index is -0.425. The molecule has 0 aliphatic carbocycles. The Morgan fingerprint density at radius 2 is 1.92 bits per heavy atom. The van der Waals surface area contributed by atoms with Crippen molar-refractivity contribution in [1.29, 1.82) is 0 Å². The molecule has 2 atom stereocenters. The molecule has 1 amide bonds. The average molecular weight is 321 g/mol. The molecule has 0 saturated carbocycles. The predicted octanol–water partition coefficient (Wildman–Crippen LogP) is 2.62. The SMILES string of the molecule is C[C@@H]1[C@H](O)CCN1C(=O)c1ccc(-n2cnc3ccccc32)cc1. The van der Waals surface area contributed by atoms with Crippen LogP contribution in [0.1, 0.15) is 23.7 Å². The molecule has 24 heavy (non-hydrogen) atoms. The lowest BCUT2D eigenvalue weighted by Gasteiger charge is -2.22. The first kappa shape index (κ1) is 14.9. The zero-order chi connectivity index (χ0) is 16.7. The zero-order valence-corrected chi connectivity index (χ0v) is 13.5. The van der Waals surface area contributed by atoms with Gasteiger partial charge in [0.15, 0.2) is 0 Å². The van der Waals surface area contributed by atoms with Gasteiger partial charge in [-0.3, -0.25) is 9.36 Å². The van der Waals surface area contributed by atoms with Gasteiger partial charge in [-0.1, -0.05) is 12.1 Å². The molecule has 2 heterocycles. The highest BCUT2D eigenvalue weighted by molar-refractivity contribution is 5.95. The quantitative estimate of drug-likeness (QED) is 0.789. The van der Waals surface area contributed by atoms with Gasteiger partial charge in [-0.2, -0.15) is 0 Å². The molecule has 5 nitrogen and oxygen atoms in total. The molecule has 1 fully saturated rings. The topological polar surface area (TPSA) is 58.4 Å². The van der Waals surface area contributed by atoms with Crippen molar-refractivity contribution in [3.63, 3.8) is 0 Å². The maximum absolute atomic E-state index is 12.6.